The number of nitrogens with one attached hydrogen (secondary N) is 1. The van der Waals surface area contributed by atoms with Gasteiger partial charge in [0, 0.05) is 18.5 Å². The Bertz CT molecular complexity index is 265. The van der Waals surface area contributed by atoms with Gasteiger partial charge in [-0.3, -0.25) is 0 Å². The van der Waals surface area contributed by atoms with Gasteiger partial charge in [0.15, 0.2) is 0 Å². The van der Waals surface area contributed by atoms with Gasteiger partial charge in [-0.1, -0.05) is 51.0 Å². The Morgan fingerprint density at radius 2 is 2.44 bits per heavy atom. The lowest BCUT2D eigenvalue weighted by atomic mass is 9.70. The highest BCUT2D eigenvalue weighted by Gasteiger charge is 2.32. The van der Waals surface area contributed by atoms with E-state index in [1.807, 2.05) is 12.2 Å². The van der Waals surface area contributed by atoms with Crippen molar-refractivity contribution in [2.75, 3.05) is 13.1 Å². The van der Waals surface area contributed by atoms with E-state index in [0.717, 1.165) is 19.5 Å². The molecule has 0 amide bonds. The fourth-order valence-electron chi connectivity index (χ4n) is 2.38. The maximum absolute atomic E-state index is 3.74. The van der Waals surface area contributed by atoms with Crippen molar-refractivity contribution in [3.8, 4) is 0 Å². The highest BCUT2D eigenvalue weighted by Crippen LogP contribution is 2.37. The largest absolute Gasteiger partial charge is 0.312 e. The summed E-state index contributed by atoms with van der Waals surface area (Å²) < 4.78 is 0. The second kappa shape index (κ2) is 6.70. The summed E-state index contributed by atoms with van der Waals surface area (Å²) in [5.41, 5.74) is 0.258. The minimum absolute atomic E-state index is 0.258. The van der Waals surface area contributed by atoms with Gasteiger partial charge in [-0.2, -0.15) is 0 Å². The second-order valence-corrected chi connectivity index (χ2v) is 4.75. The van der Waals surface area contributed by atoms with Crippen LogP contribution in [0.3, 0.4) is 0 Å². The molecule has 89 valence electrons. The Morgan fingerprint density at radius 3 is 3.00 bits per heavy atom. The molecular formula is C15H24N. The van der Waals surface area contributed by atoms with Gasteiger partial charge in [0.05, 0.1) is 0 Å². The van der Waals surface area contributed by atoms with Gasteiger partial charge >= 0.3 is 0 Å². The SMILES string of the molecule is C=CCNCC1(C(C)CCC)C=CC=[C]C1. The molecule has 1 aliphatic carbocycles. The normalized spacial score (nSPS) is 25.6. The van der Waals surface area contributed by atoms with Crippen LogP contribution in [0.2, 0.25) is 0 Å². The molecule has 1 aliphatic rings. The van der Waals surface area contributed by atoms with Crippen molar-refractivity contribution >= 4 is 0 Å². The number of allylic oxidation sites excluding steroid dienone is 3. The summed E-state index contributed by atoms with van der Waals surface area (Å²) in [5.74, 6) is 0.701. The van der Waals surface area contributed by atoms with Crippen LogP contribution >= 0.6 is 0 Å². The lowest BCUT2D eigenvalue weighted by molar-refractivity contribution is 0.222. The van der Waals surface area contributed by atoms with Gasteiger partial charge in [0.1, 0.15) is 0 Å². The summed E-state index contributed by atoms with van der Waals surface area (Å²) in [4.78, 5) is 0. The molecule has 0 saturated heterocycles. The van der Waals surface area contributed by atoms with Crippen molar-refractivity contribution in [2.24, 2.45) is 11.3 Å². The smallest absolute Gasteiger partial charge is 0.0132 e. The molecule has 0 saturated carbocycles. The summed E-state index contributed by atoms with van der Waals surface area (Å²) >= 11 is 0. The molecule has 1 rings (SSSR count). The monoisotopic (exact) mass is 218 g/mol. The molecule has 2 unspecified atom stereocenters. The second-order valence-electron chi connectivity index (χ2n) is 4.75. The Kier molecular flexibility index (Phi) is 5.54. The molecule has 1 N–H and O–H groups in total. The van der Waals surface area contributed by atoms with Gasteiger partial charge in [-0.15, -0.1) is 6.58 Å². The Hall–Kier alpha value is -0.820. The van der Waals surface area contributed by atoms with E-state index < -0.39 is 0 Å². The van der Waals surface area contributed by atoms with Crippen molar-refractivity contribution in [3.63, 3.8) is 0 Å². The van der Waals surface area contributed by atoms with Crippen LogP contribution in [-0.4, -0.2) is 13.1 Å². The topological polar surface area (TPSA) is 12.0 Å². The van der Waals surface area contributed by atoms with Crippen molar-refractivity contribution in [2.45, 2.75) is 33.1 Å². The first-order chi connectivity index (χ1) is 7.75. The average molecular weight is 218 g/mol. The molecule has 0 aromatic carbocycles. The van der Waals surface area contributed by atoms with Crippen LogP contribution in [0.1, 0.15) is 33.1 Å². The summed E-state index contributed by atoms with van der Waals surface area (Å²) in [7, 11) is 0. The molecule has 1 heteroatoms. The van der Waals surface area contributed by atoms with E-state index in [2.05, 4.69) is 44.0 Å². The van der Waals surface area contributed by atoms with Gasteiger partial charge < -0.3 is 5.32 Å². The third kappa shape index (κ3) is 3.34. The quantitative estimate of drug-likeness (QED) is 0.509. The van der Waals surface area contributed by atoms with Gasteiger partial charge in [-0.25, -0.2) is 0 Å². The first-order valence-corrected chi connectivity index (χ1v) is 6.31. The summed E-state index contributed by atoms with van der Waals surface area (Å²) in [5, 5.41) is 3.46. The van der Waals surface area contributed by atoms with Gasteiger partial charge in [-0.05, 0) is 18.4 Å². The molecule has 16 heavy (non-hydrogen) atoms. The molecule has 2 atom stereocenters. The Morgan fingerprint density at radius 1 is 1.62 bits per heavy atom. The molecule has 1 radical (unpaired) electrons. The predicted molar refractivity (Wildman–Crippen MR) is 71.1 cm³/mol. The zero-order chi connectivity index (χ0) is 11.9. The highest BCUT2D eigenvalue weighted by molar-refractivity contribution is 5.15. The number of hydrogen-bond acceptors (Lipinski definition) is 1. The molecular weight excluding hydrogens is 194 g/mol. The Labute approximate surface area is 100 Å². The Balaban J connectivity index is 2.64. The molecule has 0 spiro atoms. The maximum atomic E-state index is 3.74. The van der Waals surface area contributed by atoms with Crippen LogP contribution in [0.5, 0.6) is 0 Å². The van der Waals surface area contributed by atoms with Crippen LogP contribution < -0.4 is 5.32 Å². The third-order valence-corrected chi connectivity index (χ3v) is 3.52. The standard InChI is InChI=1S/C15H24N/c1-4-9-14(3)15(13-16-12-5-2)10-7-6-8-11-15/h5-7,10,14,16H,2,4,9,11-13H2,1,3H3. The summed E-state index contributed by atoms with van der Waals surface area (Å²) in [6.07, 6.45) is 15.4. The highest BCUT2D eigenvalue weighted by atomic mass is 14.9. The van der Waals surface area contributed by atoms with Gasteiger partial charge in [0.25, 0.3) is 0 Å². The van der Waals surface area contributed by atoms with Crippen molar-refractivity contribution in [1.29, 1.82) is 0 Å². The van der Waals surface area contributed by atoms with E-state index in [1.165, 1.54) is 12.8 Å². The molecule has 0 fully saturated rings. The van der Waals surface area contributed by atoms with Crippen LogP contribution in [-0.2, 0) is 0 Å². The maximum Gasteiger partial charge on any atom is 0.0132 e. The van der Waals surface area contributed by atoms with Crippen LogP contribution in [0, 0.1) is 17.4 Å². The molecule has 0 heterocycles. The van der Waals surface area contributed by atoms with E-state index in [4.69, 9.17) is 0 Å². The zero-order valence-corrected chi connectivity index (χ0v) is 10.6. The third-order valence-electron chi connectivity index (χ3n) is 3.52. The van der Waals surface area contributed by atoms with E-state index >= 15 is 0 Å². The van der Waals surface area contributed by atoms with Crippen molar-refractivity contribution in [3.05, 3.63) is 37.0 Å². The fourth-order valence-corrected chi connectivity index (χ4v) is 2.38. The van der Waals surface area contributed by atoms with Crippen LogP contribution in [0.15, 0.2) is 30.9 Å². The van der Waals surface area contributed by atoms with E-state index in [9.17, 15) is 0 Å². The van der Waals surface area contributed by atoms with E-state index in [-0.39, 0.29) is 5.41 Å². The summed E-state index contributed by atoms with van der Waals surface area (Å²) in [6.45, 7) is 10.3. The van der Waals surface area contributed by atoms with Crippen molar-refractivity contribution < 1.29 is 0 Å². The molecule has 0 bridgehead atoms. The van der Waals surface area contributed by atoms with Crippen LogP contribution in [0.25, 0.3) is 0 Å². The first kappa shape index (κ1) is 13.2. The minimum atomic E-state index is 0.258. The first-order valence-electron chi connectivity index (χ1n) is 6.31. The molecule has 0 aliphatic heterocycles. The van der Waals surface area contributed by atoms with E-state index in [0.29, 0.717) is 5.92 Å². The zero-order valence-electron chi connectivity index (χ0n) is 10.6. The fraction of sp³-hybridized carbons (Fsp3) is 0.600. The lowest BCUT2D eigenvalue weighted by Crippen LogP contribution is -2.38. The molecule has 0 aromatic heterocycles. The summed E-state index contributed by atoms with van der Waals surface area (Å²) in [6, 6.07) is 0. The molecule has 1 nitrogen and oxygen atoms in total. The average Bonchev–Trinajstić information content (AvgIpc) is 2.31. The minimum Gasteiger partial charge on any atom is -0.312 e. The number of hydrogen-bond donors (Lipinski definition) is 1. The van der Waals surface area contributed by atoms with Crippen LogP contribution in [0.4, 0.5) is 0 Å². The molecule has 0 aromatic rings. The number of rotatable bonds is 7. The van der Waals surface area contributed by atoms with Crippen molar-refractivity contribution in [1.82, 2.24) is 5.32 Å². The predicted octanol–water partition coefficient (Wildman–Crippen LogP) is 3.50. The van der Waals surface area contributed by atoms with Gasteiger partial charge in [0.2, 0.25) is 0 Å². The van der Waals surface area contributed by atoms with E-state index in [1.54, 1.807) is 0 Å². The lowest BCUT2D eigenvalue weighted by Gasteiger charge is -2.37.